The van der Waals surface area contributed by atoms with Crippen molar-refractivity contribution in [1.29, 1.82) is 0 Å². The summed E-state index contributed by atoms with van der Waals surface area (Å²) in [6.07, 6.45) is 0. The van der Waals surface area contributed by atoms with Gasteiger partial charge >= 0.3 is 12.0 Å². The summed E-state index contributed by atoms with van der Waals surface area (Å²) in [6, 6.07) is 5.80. The molecule has 0 radical (unpaired) electrons. The lowest BCUT2D eigenvalue weighted by Gasteiger charge is -2.20. The van der Waals surface area contributed by atoms with Crippen molar-refractivity contribution in [1.82, 2.24) is 10.6 Å². The predicted molar refractivity (Wildman–Crippen MR) is 93.5 cm³/mol. The van der Waals surface area contributed by atoms with Gasteiger partial charge in [0.2, 0.25) is 0 Å². The maximum absolute atomic E-state index is 11.9. The average Bonchev–Trinajstić information content (AvgIpc) is 2.49. The van der Waals surface area contributed by atoms with Crippen molar-refractivity contribution in [3.8, 4) is 5.75 Å². The molecule has 7 nitrogen and oxygen atoms in total. The van der Waals surface area contributed by atoms with Crippen LogP contribution in [0.5, 0.6) is 5.75 Å². The van der Waals surface area contributed by atoms with E-state index in [2.05, 4.69) is 10.6 Å². The molecule has 138 valence electrons. The molecule has 1 aromatic carbocycles. The van der Waals surface area contributed by atoms with E-state index in [0.717, 1.165) is 0 Å². The van der Waals surface area contributed by atoms with Gasteiger partial charge in [-0.15, -0.1) is 0 Å². The molecule has 0 bridgehead atoms. The third-order valence-electron chi connectivity index (χ3n) is 2.75. The molecule has 0 fully saturated rings. The van der Waals surface area contributed by atoms with Gasteiger partial charge in [0.25, 0.3) is 5.91 Å². The van der Waals surface area contributed by atoms with Gasteiger partial charge in [-0.3, -0.25) is 10.1 Å². The normalized spacial score (nSPS) is 11.0. The minimum Gasteiger partial charge on any atom is -0.493 e. The van der Waals surface area contributed by atoms with Gasteiger partial charge < -0.3 is 14.8 Å². The summed E-state index contributed by atoms with van der Waals surface area (Å²) < 4.78 is 10.4. The third kappa shape index (κ3) is 8.74. The molecule has 0 aliphatic rings. The standard InChI is InChI=1S/C18H26N2O5/c1-12(2)10-24-14-8-6-13(7-9-14)16(22)25-11-15(21)19-17(23)20-18(3,4)5/h6-9,12H,10-11H2,1-5H3,(H2,19,20,21,23). The Morgan fingerprint density at radius 2 is 1.68 bits per heavy atom. The summed E-state index contributed by atoms with van der Waals surface area (Å²) in [7, 11) is 0. The van der Waals surface area contributed by atoms with Gasteiger partial charge in [0.15, 0.2) is 6.61 Å². The Hall–Kier alpha value is -2.57. The number of carbonyl (C=O) groups is 3. The maximum Gasteiger partial charge on any atom is 0.338 e. The van der Waals surface area contributed by atoms with E-state index < -0.39 is 30.1 Å². The number of carbonyl (C=O) groups excluding carboxylic acids is 3. The largest absolute Gasteiger partial charge is 0.493 e. The molecule has 0 heterocycles. The monoisotopic (exact) mass is 350 g/mol. The first-order valence-corrected chi connectivity index (χ1v) is 8.09. The van der Waals surface area contributed by atoms with Crippen molar-refractivity contribution in [2.24, 2.45) is 5.92 Å². The first-order valence-electron chi connectivity index (χ1n) is 8.09. The molecule has 2 N–H and O–H groups in total. The van der Waals surface area contributed by atoms with Crippen LogP contribution in [0.3, 0.4) is 0 Å². The van der Waals surface area contributed by atoms with E-state index in [9.17, 15) is 14.4 Å². The minimum absolute atomic E-state index is 0.295. The highest BCUT2D eigenvalue weighted by atomic mass is 16.5. The van der Waals surface area contributed by atoms with E-state index in [4.69, 9.17) is 9.47 Å². The second kappa shape index (κ2) is 9.05. The van der Waals surface area contributed by atoms with Crippen molar-refractivity contribution in [2.75, 3.05) is 13.2 Å². The van der Waals surface area contributed by atoms with Gasteiger partial charge in [-0.05, 0) is 51.0 Å². The average molecular weight is 350 g/mol. The Kier molecular flexibility index (Phi) is 7.42. The van der Waals surface area contributed by atoms with Crippen molar-refractivity contribution in [3.63, 3.8) is 0 Å². The zero-order valence-electron chi connectivity index (χ0n) is 15.3. The molecule has 3 amide bonds. The first-order chi connectivity index (χ1) is 11.6. The second-order valence-corrected chi connectivity index (χ2v) is 7.06. The van der Waals surface area contributed by atoms with Crippen LogP contribution in [0.25, 0.3) is 0 Å². The SMILES string of the molecule is CC(C)COc1ccc(C(=O)OCC(=O)NC(=O)NC(C)(C)C)cc1. The Bertz CT molecular complexity index is 603. The van der Waals surface area contributed by atoms with E-state index in [0.29, 0.717) is 23.8 Å². The highest BCUT2D eigenvalue weighted by molar-refractivity contribution is 5.97. The zero-order valence-corrected chi connectivity index (χ0v) is 15.3. The van der Waals surface area contributed by atoms with Gasteiger partial charge in [-0.2, -0.15) is 0 Å². The molecule has 0 aliphatic carbocycles. The molecule has 25 heavy (non-hydrogen) atoms. The molecule has 0 spiro atoms. The number of imide groups is 1. The first kappa shape index (κ1) is 20.5. The Morgan fingerprint density at radius 1 is 1.08 bits per heavy atom. The molecule has 0 saturated heterocycles. The fourth-order valence-corrected chi connectivity index (χ4v) is 1.70. The summed E-state index contributed by atoms with van der Waals surface area (Å²) >= 11 is 0. The lowest BCUT2D eigenvalue weighted by molar-refractivity contribution is -0.123. The van der Waals surface area contributed by atoms with Gasteiger partial charge in [0.1, 0.15) is 5.75 Å². The molecule has 7 heteroatoms. The summed E-state index contributed by atoms with van der Waals surface area (Å²) in [5.41, 5.74) is -0.177. The maximum atomic E-state index is 11.9. The zero-order chi connectivity index (χ0) is 19.0. The number of hydrogen-bond acceptors (Lipinski definition) is 5. The van der Waals surface area contributed by atoms with Gasteiger partial charge in [-0.25, -0.2) is 9.59 Å². The molecule has 0 unspecified atom stereocenters. The van der Waals surface area contributed by atoms with Crippen molar-refractivity contribution < 1.29 is 23.9 Å². The molecular formula is C18H26N2O5. The topological polar surface area (TPSA) is 93.7 Å². The van der Waals surface area contributed by atoms with Crippen LogP contribution >= 0.6 is 0 Å². The Balaban J connectivity index is 2.43. The predicted octanol–water partition coefficient (Wildman–Crippen LogP) is 2.50. The van der Waals surface area contributed by atoms with Crippen LogP contribution in [0, 0.1) is 5.92 Å². The molecule has 1 aromatic rings. The van der Waals surface area contributed by atoms with E-state index in [1.165, 1.54) is 0 Å². The van der Waals surface area contributed by atoms with E-state index in [1.54, 1.807) is 45.0 Å². The smallest absolute Gasteiger partial charge is 0.338 e. The van der Waals surface area contributed by atoms with Gasteiger partial charge in [0.05, 0.1) is 12.2 Å². The highest BCUT2D eigenvalue weighted by Gasteiger charge is 2.17. The number of urea groups is 1. The number of amides is 3. The van der Waals surface area contributed by atoms with Crippen LogP contribution in [0.4, 0.5) is 4.79 Å². The number of esters is 1. The number of nitrogens with one attached hydrogen (secondary N) is 2. The van der Waals surface area contributed by atoms with Crippen LogP contribution in [-0.4, -0.2) is 36.7 Å². The fraction of sp³-hybridized carbons (Fsp3) is 0.500. The number of rotatable bonds is 6. The second-order valence-electron chi connectivity index (χ2n) is 7.06. The Labute approximate surface area is 148 Å². The molecule has 0 aromatic heterocycles. The number of hydrogen-bond donors (Lipinski definition) is 2. The number of benzene rings is 1. The third-order valence-corrected chi connectivity index (χ3v) is 2.75. The van der Waals surface area contributed by atoms with Crippen molar-refractivity contribution in [2.45, 2.75) is 40.2 Å². The molecule has 1 rings (SSSR count). The minimum atomic E-state index is -0.702. The molecule has 0 atom stereocenters. The van der Waals surface area contributed by atoms with Crippen LogP contribution in [0.2, 0.25) is 0 Å². The van der Waals surface area contributed by atoms with Crippen molar-refractivity contribution in [3.05, 3.63) is 29.8 Å². The van der Waals surface area contributed by atoms with Gasteiger partial charge in [0, 0.05) is 5.54 Å². The van der Waals surface area contributed by atoms with Crippen LogP contribution in [-0.2, 0) is 9.53 Å². The van der Waals surface area contributed by atoms with Crippen LogP contribution in [0.15, 0.2) is 24.3 Å². The number of ether oxygens (including phenoxy) is 2. The summed E-state index contributed by atoms with van der Waals surface area (Å²) in [4.78, 5) is 35.0. The van der Waals surface area contributed by atoms with Crippen LogP contribution < -0.4 is 15.4 Å². The summed E-state index contributed by atoms with van der Waals surface area (Å²) in [6.45, 7) is 9.47. The lowest BCUT2D eigenvalue weighted by Crippen LogP contribution is -2.49. The summed E-state index contributed by atoms with van der Waals surface area (Å²) in [5.74, 6) is -0.297. The Morgan fingerprint density at radius 3 is 2.20 bits per heavy atom. The van der Waals surface area contributed by atoms with E-state index in [-0.39, 0.29) is 0 Å². The van der Waals surface area contributed by atoms with E-state index in [1.807, 2.05) is 13.8 Å². The quantitative estimate of drug-likeness (QED) is 0.769. The lowest BCUT2D eigenvalue weighted by atomic mass is 10.1. The molecule has 0 saturated carbocycles. The molecular weight excluding hydrogens is 324 g/mol. The highest BCUT2D eigenvalue weighted by Crippen LogP contribution is 2.14. The van der Waals surface area contributed by atoms with Crippen LogP contribution in [0.1, 0.15) is 45.0 Å². The summed E-state index contributed by atoms with van der Waals surface area (Å²) in [5, 5.41) is 4.66. The van der Waals surface area contributed by atoms with Gasteiger partial charge in [-0.1, -0.05) is 13.8 Å². The fourth-order valence-electron chi connectivity index (χ4n) is 1.70. The van der Waals surface area contributed by atoms with E-state index >= 15 is 0 Å². The molecule has 0 aliphatic heterocycles. The van der Waals surface area contributed by atoms with Crippen molar-refractivity contribution >= 4 is 17.9 Å².